The van der Waals surface area contributed by atoms with Crippen molar-refractivity contribution in [2.24, 2.45) is 0 Å². The van der Waals surface area contributed by atoms with Crippen molar-refractivity contribution in [3.05, 3.63) is 26.9 Å². The van der Waals surface area contributed by atoms with E-state index in [-0.39, 0.29) is 0 Å². The standard InChI is InChI=1S/C14H20N4OS2/c1-10-3-4-13(20-10)12(18-5-7-19-8-6-18)9-15-14-17-16-11(2)21-14/h3-4,12H,5-9H2,1-2H3,(H,15,17). The fourth-order valence-corrected chi connectivity index (χ4v) is 4.09. The van der Waals surface area contributed by atoms with Gasteiger partial charge in [0.2, 0.25) is 5.13 Å². The normalized spacial score (nSPS) is 17.8. The molecule has 1 N–H and O–H groups in total. The number of hydrogen-bond donors (Lipinski definition) is 1. The topological polar surface area (TPSA) is 50.3 Å². The van der Waals surface area contributed by atoms with Crippen molar-refractivity contribution in [1.29, 1.82) is 0 Å². The van der Waals surface area contributed by atoms with Crippen molar-refractivity contribution >= 4 is 27.8 Å². The molecule has 2 aromatic heterocycles. The van der Waals surface area contributed by atoms with Crippen molar-refractivity contribution in [3.8, 4) is 0 Å². The summed E-state index contributed by atoms with van der Waals surface area (Å²) in [6.45, 7) is 8.60. The summed E-state index contributed by atoms with van der Waals surface area (Å²) in [4.78, 5) is 5.26. The third kappa shape index (κ3) is 3.79. The van der Waals surface area contributed by atoms with Crippen LogP contribution < -0.4 is 5.32 Å². The lowest BCUT2D eigenvalue weighted by Gasteiger charge is -2.34. The summed E-state index contributed by atoms with van der Waals surface area (Å²) in [6, 6.07) is 4.81. The van der Waals surface area contributed by atoms with Crippen LogP contribution in [0.5, 0.6) is 0 Å². The quantitative estimate of drug-likeness (QED) is 0.916. The molecule has 5 nitrogen and oxygen atoms in total. The Labute approximate surface area is 133 Å². The molecule has 0 spiro atoms. The first kappa shape index (κ1) is 14.9. The monoisotopic (exact) mass is 324 g/mol. The van der Waals surface area contributed by atoms with Crippen LogP contribution in [0.15, 0.2) is 12.1 Å². The molecule has 1 aliphatic heterocycles. The lowest BCUT2D eigenvalue weighted by atomic mass is 10.2. The summed E-state index contributed by atoms with van der Waals surface area (Å²) in [5, 5.41) is 13.5. The van der Waals surface area contributed by atoms with Gasteiger partial charge in [0.15, 0.2) is 0 Å². The van der Waals surface area contributed by atoms with Crippen LogP contribution in [0.3, 0.4) is 0 Å². The number of ether oxygens (including phenoxy) is 1. The van der Waals surface area contributed by atoms with Crippen molar-refractivity contribution in [2.75, 3.05) is 38.2 Å². The van der Waals surface area contributed by atoms with Gasteiger partial charge in [-0.05, 0) is 26.0 Å². The maximum Gasteiger partial charge on any atom is 0.205 e. The molecule has 1 unspecified atom stereocenters. The molecule has 1 saturated heterocycles. The van der Waals surface area contributed by atoms with Crippen molar-refractivity contribution in [2.45, 2.75) is 19.9 Å². The molecule has 1 fully saturated rings. The van der Waals surface area contributed by atoms with Crippen LogP contribution in [0.4, 0.5) is 5.13 Å². The first-order valence-electron chi connectivity index (χ1n) is 7.14. The van der Waals surface area contributed by atoms with Crippen LogP contribution in [-0.2, 0) is 4.74 Å². The number of rotatable bonds is 5. The van der Waals surface area contributed by atoms with Gasteiger partial charge in [-0.15, -0.1) is 21.5 Å². The summed E-state index contributed by atoms with van der Waals surface area (Å²) in [5.74, 6) is 0. The molecule has 0 bridgehead atoms. The van der Waals surface area contributed by atoms with Crippen LogP contribution in [0.2, 0.25) is 0 Å². The second kappa shape index (κ2) is 6.83. The predicted octanol–water partition coefficient (Wildman–Crippen LogP) is 2.70. The summed E-state index contributed by atoms with van der Waals surface area (Å²) in [7, 11) is 0. The van der Waals surface area contributed by atoms with Gasteiger partial charge in [0.25, 0.3) is 0 Å². The second-order valence-corrected chi connectivity index (χ2v) is 7.62. The maximum atomic E-state index is 5.48. The molecule has 7 heteroatoms. The Balaban J connectivity index is 1.71. The van der Waals surface area contributed by atoms with E-state index in [4.69, 9.17) is 4.74 Å². The van der Waals surface area contributed by atoms with Gasteiger partial charge in [0.05, 0.1) is 19.3 Å². The lowest BCUT2D eigenvalue weighted by molar-refractivity contribution is 0.0194. The molecule has 2 aromatic rings. The minimum absolute atomic E-state index is 0.372. The molecule has 0 radical (unpaired) electrons. The molecule has 0 amide bonds. The molecule has 3 rings (SSSR count). The van der Waals surface area contributed by atoms with E-state index >= 15 is 0 Å². The minimum Gasteiger partial charge on any atom is -0.379 e. The molecule has 0 aliphatic carbocycles. The Morgan fingerprint density at radius 1 is 1.24 bits per heavy atom. The zero-order chi connectivity index (χ0) is 14.7. The van der Waals surface area contributed by atoms with E-state index in [1.165, 1.54) is 9.75 Å². The number of thiophene rings is 1. The molecule has 1 aliphatic rings. The predicted molar refractivity (Wildman–Crippen MR) is 87.3 cm³/mol. The Hall–Kier alpha value is -1.02. The molecular weight excluding hydrogens is 304 g/mol. The zero-order valence-electron chi connectivity index (χ0n) is 12.3. The molecule has 0 saturated carbocycles. The number of anilines is 1. The molecule has 114 valence electrons. The van der Waals surface area contributed by atoms with Gasteiger partial charge >= 0.3 is 0 Å². The summed E-state index contributed by atoms with van der Waals surface area (Å²) < 4.78 is 5.48. The fraction of sp³-hybridized carbons (Fsp3) is 0.571. The molecular formula is C14H20N4OS2. The maximum absolute atomic E-state index is 5.48. The molecule has 1 atom stereocenters. The van der Waals surface area contributed by atoms with E-state index in [0.717, 1.165) is 43.0 Å². The Morgan fingerprint density at radius 3 is 2.67 bits per heavy atom. The van der Waals surface area contributed by atoms with Crippen LogP contribution in [0.1, 0.15) is 20.8 Å². The van der Waals surface area contributed by atoms with Crippen molar-refractivity contribution < 1.29 is 4.74 Å². The van der Waals surface area contributed by atoms with Crippen molar-refractivity contribution in [3.63, 3.8) is 0 Å². The molecule has 21 heavy (non-hydrogen) atoms. The number of aromatic nitrogens is 2. The number of nitrogens with one attached hydrogen (secondary N) is 1. The Bertz CT molecular complexity index is 577. The fourth-order valence-electron chi connectivity index (χ4n) is 2.48. The molecule has 0 aromatic carbocycles. The van der Waals surface area contributed by atoms with E-state index in [2.05, 4.69) is 39.5 Å². The van der Waals surface area contributed by atoms with Gasteiger partial charge in [-0.3, -0.25) is 4.90 Å². The second-order valence-electron chi connectivity index (χ2n) is 5.12. The van der Waals surface area contributed by atoms with Gasteiger partial charge in [0.1, 0.15) is 5.01 Å². The van der Waals surface area contributed by atoms with Crippen LogP contribution in [0, 0.1) is 13.8 Å². The lowest BCUT2D eigenvalue weighted by Crippen LogP contribution is -2.41. The van der Waals surface area contributed by atoms with E-state index < -0.39 is 0 Å². The van der Waals surface area contributed by atoms with Gasteiger partial charge < -0.3 is 10.1 Å². The highest BCUT2D eigenvalue weighted by atomic mass is 32.1. The highest BCUT2D eigenvalue weighted by Gasteiger charge is 2.24. The summed E-state index contributed by atoms with van der Waals surface area (Å²) >= 11 is 3.48. The van der Waals surface area contributed by atoms with E-state index in [0.29, 0.717) is 6.04 Å². The molecule has 3 heterocycles. The SMILES string of the molecule is Cc1ccc(C(CNc2nnc(C)s2)N2CCOCC2)s1. The van der Waals surface area contributed by atoms with E-state index in [1.807, 2.05) is 18.3 Å². The number of hydrogen-bond acceptors (Lipinski definition) is 7. The zero-order valence-corrected chi connectivity index (χ0v) is 14.0. The smallest absolute Gasteiger partial charge is 0.205 e. The number of morpholine rings is 1. The Kier molecular flexibility index (Phi) is 4.84. The van der Waals surface area contributed by atoms with E-state index in [1.54, 1.807) is 11.3 Å². The first-order chi connectivity index (χ1) is 10.2. The summed E-state index contributed by atoms with van der Waals surface area (Å²) in [5.41, 5.74) is 0. The van der Waals surface area contributed by atoms with Crippen molar-refractivity contribution in [1.82, 2.24) is 15.1 Å². The van der Waals surface area contributed by atoms with Crippen LogP contribution >= 0.6 is 22.7 Å². The average molecular weight is 324 g/mol. The summed E-state index contributed by atoms with van der Waals surface area (Å²) in [6.07, 6.45) is 0. The van der Waals surface area contributed by atoms with Gasteiger partial charge in [-0.1, -0.05) is 11.3 Å². The van der Waals surface area contributed by atoms with Gasteiger partial charge in [0, 0.05) is 29.4 Å². The minimum atomic E-state index is 0.372. The van der Waals surface area contributed by atoms with E-state index in [9.17, 15) is 0 Å². The van der Waals surface area contributed by atoms with Crippen LogP contribution in [0.25, 0.3) is 0 Å². The number of nitrogens with zero attached hydrogens (tertiary/aromatic N) is 3. The highest BCUT2D eigenvalue weighted by Crippen LogP contribution is 2.29. The van der Waals surface area contributed by atoms with Gasteiger partial charge in [-0.2, -0.15) is 0 Å². The third-order valence-corrected chi connectivity index (χ3v) is 5.45. The highest BCUT2D eigenvalue weighted by molar-refractivity contribution is 7.15. The van der Waals surface area contributed by atoms with Gasteiger partial charge in [-0.25, -0.2) is 0 Å². The third-order valence-electron chi connectivity index (χ3n) is 3.55. The first-order valence-corrected chi connectivity index (χ1v) is 8.78. The average Bonchev–Trinajstić information content (AvgIpc) is 3.09. The van der Waals surface area contributed by atoms with Crippen LogP contribution in [-0.4, -0.2) is 47.9 Å². The largest absolute Gasteiger partial charge is 0.379 e. The Morgan fingerprint density at radius 2 is 2.05 bits per heavy atom. The number of aryl methyl sites for hydroxylation is 2.